The Morgan fingerprint density at radius 3 is 2.00 bits per heavy atom. The molecule has 3 nitrogen and oxygen atoms in total. The van der Waals surface area contributed by atoms with Crippen molar-refractivity contribution in [2.45, 2.75) is 46.9 Å². The predicted molar refractivity (Wildman–Crippen MR) is 132 cm³/mol. The summed E-state index contributed by atoms with van der Waals surface area (Å²) in [7, 11) is 0. The van der Waals surface area contributed by atoms with Gasteiger partial charge in [-0.25, -0.2) is 0 Å². The van der Waals surface area contributed by atoms with Gasteiger partial charge in [0.25, 0.3) is 5.91 Å². The molecule has 2 N–H and O–H groups in total. The molecule has 2 saturated heterocycles. The van der Waals surface area contributed by atoms with Crippen LogP contribution in [0.2, 0.25) is 0 Å². The standard InChI is InChI=1S/C22H29NO2S4/c1-4-5-12-23-19(24)17-8-10-18(11-9-17)22(25,20(2)26-13-6-14-27-20)21(3)28-15-7-16-29-21/h1,8-11,25H,5-7,12-16H2,2-3H3,(H,23,24). The van der Waals surface area contributed by atoms with Crippen molar-refractivity contribution in [1.29, 1.82) is 0 Å². The number of rotatable bonds is 6. The Hall–Kier alpha value is -0.390. The highest BCUT2D eigenvalue weighted by Gasteiger charge is 2.61. The molecular formula is C22H29NO2S4. The van der Waals surface area contributed by atoms with Crippen molar-refractivity contribution in [3.63, 3.8) is 0 Å². The van der Waals surface area contributed by atoms with Crippen LogP contribution in [0, 0.1) is 12.3 Å². The smallest absolute Gasteiger partial charge is 0.251 e. The molecule has 0 aliphatic carbocycles. The first-order chi connectivity index (χ1) is 13.9. The number of thioether (sulfide) groups is 4. The Morgan fingerprint density at radius 1 is 1.07 bits per heavy atom. The summed E-state index contributed by atoms with van der Waals surface area (Å²) in [5.74, 6) is 6.65. The van der Waals surface area contributed by atoms with Crippen LogP contribution in [0.25, 0.3) is 0 Å². The zero-order valence-corrected chi connectivity index (χ0v) is 20.3. The number of hydrogen-bond acceptors (Lipinski definition) is 6. The van der Waals surface area contributed by atoms with E-state index in [9.17, 15) is 9.90 Å². The molecule has 1 aromatic carbocycles. The van der Waals surface area contributed by atoms with Crippen LogP contribution in [0.4, 0.5) is 0 Å². The summed E-state index contributed by atoms with van der Waals surface area (Å²) in [4.78, 5) is 12.4. The van der Waals surface area contributed by atoms with Gasteiger partial charge in [0, 0.05) is 18.5 Å². The van der Waals surface area contributed by atoms with E-state index in [0.29, 0.717) is 18.5 Å². The summed E-state index contributed by atoms with van der Waals surface area (Å²) in [5, 5.41) is 15.3. The average molecular weight is 468 g/mol. The van der Waals surface area contributed by atoms with Gasteiger partial charge in [-0.2, -0.15) is 0 Å². The highest BCUT2D eigenvalue weighted by molar-refractivity contribution is 8.20. The number of amides is 1. The summed E-state index contributed by atoms with van der Waals surface area (Å²) in [6.45, 7) is 4.86. The van der Waals surface area contributed by atoms with E-state index in [0.717, 1.165) is 28.6 Å². The number of carbonyl (C=O) groups is 1. The molecule has 0 spiro atoms. The molecule has 158 valence electrons. The van der Waals surface area contributed by atoms with Gasteiger partial charge in [0.05, 0.1) is 8.16 Å². The van der Waals surface area contributed by atoms with Crippen LogP contribution < -0.4 is 5.32 Å². The second kappa shape index (κ2) is 9.82. The number of aliphatic hydroxyl groups is 1. The highest BCUT2D eigenvalue weighted by Crippen LogP contribution is 2.64. The third-order valence-corrected chi connectivity index (χ3v) is 12.3. The quantitative estimate of drug-likeness (QED) is 0.463. The Kier molecular flexibility index (Phi) is 7.89. The normalized spacial score (nSPS) is 21.2. The Labute approximate surface area is 191 Å². The molecule has 0 aromatic heterocycles. The fraction of sp³-hybridized carbons (Fsp3) is 0.591. The first-order valence-corrected chi connectivity index (χ1v) is 13.9. The summed E-state index contributed by atoms with van der Waals surface area (Å²) in [6.07, 6.45) is 8.12. The molecule has 0 saturated carbocycles. The largest absolute Gasteiger partial charge is 0.380 e. The second-order valence-corrected chi connectivity index (χ2v) is 14.1. The average Bonchev–Trinajstić information content (AvgIpc) is 2.74. The van der Waals surface area contributed by atoms with Gasteiger partial charge in [0.15, 0.2) is 0 Å². The Balaban J connectivity index is 1.94. The first kappa shape index (κ1) is 23.3. The van der Waals surface area contributed by atoms with Crippen molar-refractivity contribution in [2.75, 3.05) is 29.6 Å². The van der Waals surface area contributed by atoms with Crippen LogP contribution in [-0.2, 0) is 5.60 Å². The first-order valence-electron chi connectivity index (χ1n) is 9.97. The number of benzene rings is 1. The van der Waals surface area contributed by atoms with E-state index in [1.807, 2.05) is 71.3 Å². The van der Waals surface area contributed by atoms with Crippen LogP contribution >= 0.6 is 47.0 Å². The fourth-order valence-corrected chi connectivity index (χ4v) is 11.0. The van der Waals surface area contributed by atoms with Gasteiger partial charge in [0.2, 0.25) is 0 Å². The van der Waals surface area contributed by atoms with Crippen molar-refractivity contribution in [3.8, 4) is 12.3 Å². The van der Waals surface area contributed by atoms with E-state index in [4.69, 9.17) is 6.42 Å². The molecule has 7 heteroatoms. The molecule has 3 rings (SSSR count). The summed E-state index contributed by atoms with van der Waals surface area (Å²) in [6, 6.07) is 7.54. The van der Waals surface area contributed by atoms with E-state index < -0.39 is 5.60 Å². The van der Waals surface area contributed by atoms with Crippen LogP contribution in [-0.4, -0.2) is 48.7 Å². The minimum absolute atomic E-state index is 0.129. The Bertz CT molecular complexity index is 723. The lowest BCUT2D eigenvalue weighted by molar-refractivity contribution is 0.0201. The molecule has 2 heterocycles. The van der Waals surface area contributed by atoms with E-state index in [-0.39, 0.29) is 14.1 Å². The van der Waals surface area contributed by atoms with Crippen LogP contribution in [0.3, 0.4) is 0 Å². The maximum Gasteiger partial charge on any atom is 0.251 e. The van der Waals surface area contributed by atoms with Gasteiger partial charge in [-0.05, 0) is 67.4 Å². The topological polar surface area (TPSA) is 49.3 Å². The number of nitrogens with one attached hydrogen (secondary N) is 1. The van der Waals surface area contributed by atoms with Crippen LogP contribution in [0.5, 0.6) is 0 Å². The maximum absolute atomic E-state index is 12.4. The van der Waals surface area contributed by atoms with Crippen LogP contribution in [0.1, 0.15) is 49.0 Å². The highest BCUT2D eigenvalue weighted by atomic mass is 32.2. The number of hydrogen-bond donors (Lipinski definition) is 2. The molecule has 0 atom stereocenters. The van der Waals surface area contributed by atoms with Crippen molar-refractivity contribution >= 4 is 53.0 Å². The van der Waals surface area contributed by atoms with E-state index >= 15 is 0 Å². The minimum Gasteiger partial charge on any atom is -0.380 e. The molecule has 1 amide bonds. The zero-order valence-electron chi connectivity index (χ0n) is 17.0. The number of terminal acetylenes is 1. The number of carbonyl (C=O) groups excluding carboxylic acids is 1. The van der Waals surface area contributed by atoms with Crippen LogP contribution in [0.15, 0.2) is 24.3 Å². The molecule has 2 aliphatic rings. The van der Waals surface area contributed by atoms with E-state index in [1.165, 1.54) is 12.8 Å². The van der Waals surface area contributed by atoms with Crippen molar-refractivity contribution in [2.24, 2.45) is 0 Å². The molecule has 1 aromatic rings. The van der Waals surface area contributed by atoms with Gasteiger partial charge in [-0.1, -0.05) is 12.1 Å². The summed E-state index contributed by atoms with van der Waals surface area (Å²) < 4.78 is -0.679. The monoisotopic (exact) mass is 467 g/mol. The lowest BCUT2D eigenvalue weighted by atomic mass is 9.86. The maximum atomic E-state index is 12.4. The molecule has 29 heavy (non-hydrogen) atoms. The molecule has 0 bridgehead atoms. The molecule has 0 radical (unpaired) electrons. The Morgan fingerprint density at radius 2 is 1.55 bits per heavy atom. The van der Waals surface area contributed by atoms with Gasteiger partial charge in [-0.3, -0.25) is 4.79 Å². The van der Waals surface area contributed by atoms with E-state index in [2.05, 4.69) is 25.1 Å². The SMILES string of the molecule is C#CCCNC(=O)c1ccc(C(O)(C2(C)SCCCS2)C2(C)SCCCS2)cc1. The third kappa shape index (κ3) is 4.62. The van der Waals surface area contributed by atoms with Gasteiger partial charge in [-0.15, -0.1) is 59.4 Å². The molecule has 0 unspecified atom stereocenters. The second-order valence-electron chi connectivity index (χ2n) is 7.49. The lowest BCUT2D eigenvalue weighted by Gasteiger charge is -2.55. The fourth-order valence-electron chi connectivity index (χ4n) is 3.84. The van der Waals surface area contributed by atoms with Gasteiger partial charge in [0.1, 0.15) is 5.60 Å². The van der Waals surface area contributed by atoms with Crippen molar-refractivity contribution in [1.82, 2.24) is 5.32 Å². The summed E-state index contributed by atoms with van der Waals surface area (Å²) in [5.41, 5.74) is 0.465. The molecule has 2 fully saturated rings. The predicted octanol–water partition coefficient (Wildman–Crippen LogP) is 4.80. The minimum atomic E-state index is -1.02. The van der Waals surface area contributed by atoms with Crippen molar-refractivity contribution < 1.29 is 9.90 Å². The summed E-state index contributed by atoms with van der Waals surface area (Å²) >= 11 is 7.49. The van der Waals surface area contributed by atoms with E-state index in [1.54, 1.807) is 0 Å². The molecule has 2 aliphatic heterocycles. The third-order valence-electron chi connectivity index (χ3n) is 5.52. The molecular weight excluding hydrogens is 439 g/mol. The van der Waals surface area contributed by atoms with Gasteiger partial charge >= 0.3 is 0 Å². The lowest BCUT2D eigenvalue weighted by Crippen LogP contribution is -2.58. The van der Waals surface area contributed by atoms with Gasteiger partial charge < -0.3 is 10.4 Å². The zero-order chi connectivity index (χ0) is 21.0. The van der Waals surface area contributed by atoms with Crippen molar-refractivity contribution in [3.05, 3.63) is 35.4 Å².